The molecule has 1 aromatic carbocycles. The Morgan fingerprint density at radius 3 is 2.67 bits per heavy atom. The van der Waals surface area contributed by atoms with Crippen LogP contribution in [0.25, 0.3) is 0 Å². The molecule has 6 heteroatoms. The zero-order valence-corrected chi connectivity index (χ0v) is 13.3. The van der Waals surface area contributed by atoms with Crippen molar-refractivity contribution < 1.29 is 14.2 Å². The van der Waals surface area contributed by atoms with Crippen molar-refractivity contribution in [3.63, 3.8) is 0 Å². The average Bonchev–Trinajstić information content (AvgIpc) is 2.69. The van der Waals surface area contributed by atoms with Gasteiger partial charge in [0.15, 0.2) is 11.6 Å². The van der Waals surface area contributed by atoms with Gasteiger partial charge < -0.3 is 9.84 Å². The molecule has 1 unspecified atom stereocenters. The van der Waals surface area contributed by atoms with E-state index in [1.807, 2.05) is 0 Å². The van der Waals surface area contributed by atoms with Gasteiger partial charge in [-0.1, -0.05) is 12.1 Å². The highest BCUT2D eigenvalue weighted by atomic mass is 79.9. The van der Waals surface area contributed by atoms with Crippen LogP contribution in [0.1, 0.15) is 16.5 Å². The fraction of sp³-hybridized carbons (Fsp3) is 0.167. The lowest BCUT2D eigenvalue weighted by atomic mass is 10.1. The van der Waals surface area contributed by atoms with E-state index in [2.05, 4.69) is 31.9 Å². The monoisotopic (exact) mass is 394 g/mol. The molecule has 1 aromatic heterocycles. The second-order valence-corrected chi connectivity index (χ2v) is 6.79. The molecular weight excluding hydrogens is 387 g/mol. The maximum atomic E-state index is 14.0. The minimum atomic E-state index is -1.01. The van der Waals surface area contributed by atoms with E-state index in [1.165, 1.54) is 24.5 Å². The van der Waals surface area contributed by atoms with Crippen molar-refractivity contribution in [1.82, 2.24) is 0 Å². The Balaban J connectivity index is 2.42. The molecule has 0 amide bonds. The number of hydrogen-bond donors (Lipinski definition) is 1. The summed E-state index contributed by atoms with van der Waals surface area (Å²) in [5.41, 5.74) is 0.204. The number of thiophene rings is 1. The molecule has 96 valence electrons. The third-order valence-electron chi connectivity index (χ3n) is 2.44. The standard InChI is InChI=1S/C12H9Br2FO2S/c1-17-8-4-2-3-6(10(8)15)11(16)9-5-7(13)12(14)18-9/h2-5,11,16H,1H3. The van der Waals surface area contributed by atoms with E-state index in [9.17, 15) is 9.50 Å². The second kappa shape index (κ2) is 5.69. The lowest BCUT2D eigenvalue weighted by Gasteiger charge is -2.12. The van der Waals surface area contributed by atoms with Gasteiger partial charge in [-0.15, -0.1) is 11.3 Å². The zero-order chi connectivity index (χ0) is 13.3. The smallest absolute Gasteiger partial charge is 0.171 e. The molecule has 1 heterocycles. The second-order valence-electron chi connectivity index (χ2n) is 3.54. The van der Waals surface area contributed by atoms with Gasteiger partial charge >= 0.3 is 0 Å². The summed E-state index contributed by atoms with van der Waals surface area (Å²) < 4.78 is 20.6. The normalized spacial score (nSPS) is 12.5. The van der Waals surface area contributed by atoms with Crippen molar-refractivity contribution in [2.24, 2.45) is 0 Å². The van der Waals surface area contributed by atoms with E-state index < -0.39 is 11.9 Å². The van der Waals surface area contributed by atoms with Crippen LogP contribution in [-0.2, 0) is 0 Å². The van der Waals surface area contributed by atoms with Crippen LogP contribution in [0.15, 0.2) is 32.5 Å². The molecule has 0 aliphatic heterocycles. The first kappa shape index (κ1) is 14.0. The van der Waals surface area contributed by atoms with Crippen LogP contribution in [0.5, 0.6) is 5.75 Å². The SMILES string of the molecule is COc1cccc(C(O)c2cc(Br)c(Br)s2)c1F. The average molecular weight is 396 g/mol. The van der Waals surface area contributed by atoms with E-state index in [-0.39, 0.29) is 11.3 Å². The lowest BCUT2D eigenvalue weighted by Crippen LogP contribution is -2.02. The summed E-state index contributed by atoms with van der Waals surface area (Å²) in [6.07, 6.45) is -1.01. The fourth-order valence-corrected chi connectivity index (χ4v) is 3.64. The molecule has 2 rings (SSSR count). The lowest BCUT2D eigenvalue weighted by molar-refractivity contribution is 0.217. The minimum Gasteiger partial charge on any atom is -0.494 e. The number of halogens is 3. The third-order valence-corrected chi connectivity index (χ3v) is 5.75. The largest absolute Gasteiger partial charge is 0.494 e. The number of aliphatic hydroxyl groups excluding tert-OH is 1. The van der Waals surface area contributed by atoms with Gasteiger partial charge in [0, 0.05) is 14.9 Å². The van der Waals surface area contributed by atoms with Crippen molar-refractivity contribution in [1.29, 1.82) is 0 Å². The van der Waals surface area contributed by atoms with Gasteiger partial charge in [0.05, 0.1) is 10.9 Å². The first-order valence-electron chi connectivity index (χ1n) is 4.99. The molecule has 0 aliphatic carbocycles. The van der Waals surface area contributed by atoms with E-state index >= 15 is 0 Å². The van der Waals surface area contributed by atoms with Crippen LogP contribution in [0.4, 0.5) is 4.39 Å². The van der Waals surface area contributed by atoms with Gasteiger partial charge in [-0.25, -0.2) is 4.39 Å². The number of methoxy groups -OCH3 is 1. The minimum absolute atomic E-state index is 0.126. The summed E-state index contributed by atoms with van der Waals surface area (Å²) >= 11 is 8.03. The Labute approximate surface area is 125 Å². The van der Waals surface area contributed by atoms with Crippen LogP contribution in [-0.4, -0.2) is 12.2 Å². The Morgan fingerprint density at radius 1 is 1.39 bits per heavy atom. The molecule has 0 saturated heterocycles. The van der Waals surface area contributed by atoms with Gasteiger partial charge in [0.25, 0.3) is 0 Å². The first-order chi connectivity index (χ1) is 8.54. The molecule has 0 bridgehead atoms. The molecule has 2 nitrogen and oxygen atoms in total. The highest BCUT2D eigenvalue weighted by Crippen LogP contribution is 2.38. The quantitative estimate of drug-likeness (QED) is 0.828. The summed E-state index contributed by atoms with van der Waals surface area (Å²) in [6.45, 7) is 0. The number of aliphatic hydroxyl groups is 1. The van der Waals surface area contributed by atoms with Gasteiger partial charge in [-0.3, -0.25) is 0 Å². The molecular formula is C12H9Br2FO2S. The third kappa shape index (κ3) is 2.61. The predicted octanol–water partition coefficient (Wildman–Crippen LogP) is 4.50. The highest BCUT2D eigenvalue weighted by Gasteiger charge is 2.20. The molecule has 18 heavy (non-hydrogen) atoms. The topological polar surface area (TPSA) is 29.5 Å². The summed E-state index contributed by atoms with van der Waals surface area (Å²) in [4.78, 5) is 0.654. The van der Waals surface area contributed by atoms with Crippen LogP contribution in [0.2, 0.25) is 0 Å². The van der Waals surface area contributed by atoms with Gasteiger partial charge in [-0.2, -0.15) is 0 Å². The molecule has 1 N–H and O–H groups in total. The highest BCUT2D eigenvalue weighted by molar-refractivity contribution is 9.13. The van der Waals surface area contributed by atoms with Crippen LogP contribution in [0.3, 0.4) is 0 Å². The van der Waals surface area contributed by atoms with Crippen LogP contribution >= 0.6 is 43.2 Å². The molecule has 1 atom stereocenters. The van der Waals surface area contributed by atoms with Crippen molar-refractivity contribution in [2.45, 2.75) is 6.10 Å². The van der Waals surface area contributed by atoms with Gasteiger partial charge in [-0.05, 0) is 44.0 Å². The number of ether oxygens (including phenoxy) is 1. The van der Waals surface area contributed by atoms with Crippen molar-refractivity contribution in [2.75, 3.05) is 7.11 Å². The van der Waals surface area contributed by atoms with Gasteiger partial charge in [0.2, 0.25) is 0 Å². The number of benzene rings is 1. The molecule has 0 saturated carbocycles. The molecule has 0 spiro atoms. The Bertz CT molecular complexity index is 552. The Hall–Kier alpha value is -0.430. The Kier molecular flexibility index (Phi) is 4.42. The first-order valence-corrected chi connectivity index (χ1v) is 7.40. The predicted molar refractivity (Wildman–Crippen MR) is 76.7 cm³/mol. The van der Waals surface area contributed by atoms with Crippen molar-refractivity contribution >= 4 is 43.2 Å². The van der Waals surface area contributed by atoms with Crippen molar-refractivity contribution in [3.05, 3.63) is 48.8 Å². The number of hydrogen-bond acceptors (Lipinski definition) is 3. The summed E-state index contributed by atoms with van der Waals surface area (Å²) in [7, 11) is 1.40. The van der Waals surface area contributed by atoms with E-state index in [0.29, 0.717) is 4.88 Å². The van der Waals surface area contributed by atoms with Crippen LogP contribution < -0.4 is 4.74 Å². The Morgan fingerprint density at radius 2 is 2.11 bits per heavy atom. The summed E-state index contributed by atoms with van der Waals surface area (Å²) in [6, 6.07) is 6.48. The molecule has 0 radical (unpaired) electrons. The zero-order valence-electron chi connectivity index (χ0n) is 9.28. The molecule has 2 aromatic rings. The fourth-order valence-electron chi connectivity index (χ4n) is 1.55. The molecule has 0 fully saturated rings. The van der Waals surface area contributed by atoms with E-state index in [1.54, 1.807) is 18.2 Å². The van der Waals surface area contributed by atoms with Gasteiger partial charge in [0.1, 0.15) is 6.10 Å². The van der Waals surface area contributed by atoms with E-state index in [0.717, 1.165) is 8.26 Å². The summed E-state index contributed by atoms with van der Waals surface area (Å²) in [5.74, 6) is -0.408. The van der Waals surface area contributed by atoms with Crippen molar-refractivity contribution in [3.8, 4) is 5.75 Å². The number of rotatable bonds is 3. The molecule has 0 aliphatic rings. The summed E-state index contributed by atoms with van der Waals surface area (Å²) in [5, 5.41) is 10.2. The maximum absolute atomic E-state index is 14.0. The van der Waals surface area contributed by atoms with Crippen LogP contribution in [0, 0.1) is 5.82 Å². The van der Waals surface area contributed by atoms with E-state index in [4.69, 9.17) is 4.74 Å². The maximum Gasteiger partial charge on any atom is 0.171 e.